The van der Waals surface area contributed by atoms with Crippen molar-refractivity contribution < 1.29 is 4.74 Å². The minimum absolute atomic E-state index is 0.660. The Labute approximate surface area is 161 Å². The molecule has 0 bridgehead atoms. The molecule has 1 N–H and O–H groups in total. The standard InChI is InChI=1S/C21H29N5O/c1-18-23-20(22-10-16-27-2)17-21(24-18)26-14-12-25(13-15-26)11-6-9-19-7-4-3-5-8-19/h3-9,17H,10-16H2,1-2H3,(H,22,23,24)/b9-6+. The van der Waals surface area contributed by atoms with Crippen LogP contribution in [0.1, 0.15) is 11.4 Å². The number of methoxy groups -OCH3 is 1. The Morgan fingerprint density at radius 2 is 1.89 bits per heavy atom. The number of nitrogens with zero attached hydrogens (tertiary/aromatic N) is 4. The van der Waals surface area contributed by atoms with Gasteiger partial charge in [-0.15, -0.1) is 0 Å². The molecular weight excluding hydrogens is 338 g/mol. The largest absolute Gasteiger partial charge is 0.383 e. The first-order valence-corrected chi connectivity index (χ1v) is 9.52. The van der Waals surface area contributed by atoms with Gasteiger partial charge in [-0.3, -0.25) is 4.90 Å². The lowest BCUT2D eigenvalue weighted by atomic mass is 10.2. The van der Waals surface area contributed by atoms with Crippen LogP contribution in [0.25, 0.3) is 6.08 Å². The lowest BCUT2D eigenvalue weighted by Gasteiger charge is -2.35. The van der Waals surface area contributed by atoms with E-state index in [-0.39, 0.29) is 0 Å². The summed E-state index contributed by atoms with van der Waals surface area (Å²) in [7, 11) is 1.70. The summed E-state index contributed by atoms with van der Waals surface area (Å²) in [4.78, 5) is 13.9. The quantitative estimate of drug-likeness (QED) is 0.724. The van der Waals surface area contributed by atoms with Crippen molar-refractivity contribution in [3.8, 4) is 0 Å². The molecule has 3 rings (SSSR count). The third-order valence-electron chi connectivity index (χ3n) is 4.61. The van der Waals surface area contributed by atoms with Gasteiger partial charge >= 0.3 is 0 Å². The summed E-state index contributed by atoms with van der Waals surface area (Å²) < 4.78 is 5.09. The molecule has 1 aromatic carbocycles. The van der Waals surface area contributed by atoms with Crippen LogP contribution < -0.4 is 10.2 Å². The fourth-order valence-corrected chi connectivity index (χ4v) is 3.15. The van der Waals surface area contributed by atoms with Crippen LogP contribution in [0.15, 0.2) is 42.5 Å². The lowest BCUT2D eigenvalue weighted by molar-refractivity contribution is 0.210. The molecule has 27 heavy (non-hydrogen) atoms. The fraction of sp³-hybridized carbons (Fsp3) is 0.429. The van der Waals surface area contributed by atoms with Crippen molar-refractivity contribution in [1.82, 2.24) is 14.9 Å². The highest BCUT2D eigenvalue weighted by molar-refractivity contribution is 5.50. The van der Waals surface area contributed by atoms with E-state index in [4.69, 9.17) is 4.74 Å². The molecule has 0 amide bonds. The Morgan fingerprint density at radius 3 is 2.63 bits per heavy atom. The van der Waals surface area contributed by atoms with E-state index in [1.165, 1.54) is 5.56 Å². The van der Waals surface area contributed by atoms with Gasteiger partial charge in [0.15, 0.2) is 0 Å². The molecule has 6 heteroatoms. The van der Waals surface area contributed by atoms with Crippen molar-refractivity contribution >= 4 is 17.7 Å². The number of piperazine rings is 1. The van der Waals surface area contributed by atoms with Gasteiger partial charge in [-0.1, -0.05) is 42.5 Å². The topological polar surface area (TPSA) is 53.5 Å². The maximum Gasteiger partial charge on any atom is 0.134 e. The van der Waals surface area contributed by atoms with Crippen LogP contribution >= 0.6 is 0 Å². The number of nitrogens with one attached hydrogen (secondary N) is 1. The van der Waals surface area contributed by atoms with Gasteiger partial charge in [0.05, 0.1) is 6.61 Å². The molecule has 2 heterocycles. The number of hydrogen-bond acceptors (Lipinski definition) is 6. The predicted molar refractivity (Wildman–Crippen MR) is 111 cm³/mol. The molecular formula is C21H29N5O. The Bertz CT molecular complexity index is 727. The highest BCUT2D eigenvalue weighted by atomic mass is 16.5. The van der Waals surface area contributed by atoms with Crippen molar-refractivity contribution in [3.05, 3.63) is 53.9 Å². The van der Waals surface area contributed by atoms with Crippen molar-refractivity contribution in [2.45, 2.75) is 6.92 Å². The Morgan fingerprint density at radius 1 is 1.11 bits per heavy atom. The van der Waals surface area contributed by atoms with E-state index in [0.29, 0.717) is 6.61 Å². The molecule has 0 saturated carbocycles. The van der Waals surface area contributed by atoms with Gasteiger partial charge in [0.2, 0.25) is 0 Å². The molecule has 0 aliphatic carbocycles. The second kappa shape index (κ2) is 10.0. The molecule has 0 spiro atoms. The first-order chi connectivity index (χ1) is 13.2. The first-order valence-electron chi connectivity index (χ1n) is 9.52. The number of hydrogen-bond donors (Lipinski definition) is 1. The molecule has 1 aromatic heterocycles. The molecule has 0 unspecified atom stereocenters. The Balaban J connectivity index is 1.50. The number of benzene rings is 1. The van der Waals surface area contributed by atoms with Crippen molar-refractivity contribution in [3.63, 3.8) is 0 Å². The van der Waals surface area contributed by atoms with Gasteiger partial charge in [-0.25, -0.2) is 9.97 Å². The minimum atomic E-state index is 0.660. The number of aryl methyl sites for hydroxylation is 1. The van der Waals surface area contributed by atoms with Gasteiger partial charge in [0, 0.05) is 52.4 Å². The third kappa shape index (κ3) is 6.05. The van der Waals surface area contributed by atoms with Crippen molar-refractivity contribution in [2.75, 3.05) is 63.2 Å². The highest BCUT2D eigenvalue weighted by Gasteiger charge is 2.18. The van der Waals surface area contributed by atoms with Gasteiger partial charge in [0.25, 0.3) is 0 Å². The van der Waals surface area contributed by atoms with E-state index in [1.54, 1.807) is 7.11 Å². The minimum Gasteiger partial charge on any atom is -0.383 e. The molecule has 1 aliphatic rings. The van der Waals surface area contributed by atoms with Crippen LogP contribution in [0.5, 0.6) is 0 Å². The smallest absolute Gasteiger partial charge is 0.134 e. The zero-order chi connectivity index (χ0) is 18.9. The lowest BCUT2D eigenvalue weighted by Crippen LogP contribution is -2.46. The van der Waals surface area contributed by atoms with Gasteiger partial charge < -0.3 is 15.0 Å². The number of anilines is 2. The SMILES string of the molecule is COCCNc1cc(N2CCN(C/C=C/c3ccccc3)CC2)nc(C)n1. The van der Waals surface area contributed by atoms with Crippen LogP contribution in [-0.4, -0.2) is 67.9 Å². The van der Waals surface area contributed by atoms with Gasteiger partial charge in [-0.05, 0) is 12.5 Å². The zero-order valence-electron chi connectivity index (χ0n) is 16.3. The maximum atomic E-state index is 5.09. The van der Waals surface area contributed by atoms with Gasteiger partial charge in [0.1, 0.15) is 17.5 Å². The molecule has 2 aromatic rings. The second-order valence-corrected chi connectivity index (χ2v) is 6.68. The molecule has 1 saturated heterocycles. The fourth-order valence-electron chi connectivity index (χ4n) is 3.15. The summed E-state index contributed by atoms with van der Waals surface area (Å²) >= 11 is 0. The highest BCUT2D eigenvalue weighted by Crippen LogP contribution is 2.17. The van der Waals surface area contributed by atoms with E-state index >= 15 is 0 Å². The van der Waals surface area contributed by atoms with E-state index in [9.17, 15) is 0 Å². The first kappa shape index (κ1) is 19.3. The summed E-state index contributed by atoms with van der Waals surface area (Å²) in [5.74, 6) is 2.66. The average Bonchev–Trinajstić information content (AvgIpc) is 2.69. The summed E-state index contributed by atoms with van der Waals surface area (Å²) in [5, 5.41) is 3.30. The number of aromatic nitrogens is 2. The summed E-state index contributed by atoms with van der Waals surface area (Å²) in [6, 6.07) is 12.5. The Kier molecular flexibility index (Phi) is 7.19. The zero-order valence-corrected chi connectivity index (χ0v) is 16.3. The molecule has 1 fully saturated rings. The van der Waals surface area contributed by atoms with E-state index in [2.05, 4.69) is 61.5 Å². The molecule has 0 radical (unpaired) electrons. The van der Waals surface area contributed by atoms with Crippen LogP contribution in [0.3, 0.4) is 0 Å². The summed E-state index contributed by atoms with van der Waals surface area (Å²) in [6.45, 7) is 8.36. The molecule has 144 valence electrons. The maximum absolute atomic E-state index is 5.09. The van der Waals surface area contributed by atoms with Crippen molar-refractivity contribution in [1.29, 1.82) is 0 Å². The number of ether oxygens (including phenoxy) is 1. The normalized spacial score (nSPS) is 15.4. The average molecular weight is 367 g/mol. The van der Waals surface area contributed by atoms with E-state index in [0.717, 1.165) is 56.7 Å². The van der Waals surface area contributed by atoms with Crippen LogP contribution in [0.2, 0.25) is 0 Å². The molecule has 0 atom stereocenters. The third-order valence-corrected chi connectivity index (χ3v) is 4.61. The monoisotopic (exact) mass is 367 g/mol. The van der Waals surface area contributed by atoms with Crippen molar-refractivity contribution in [2.24, 2.45) is 0 Å². The van der Waals surface area contributed by atoms with Gasteiger partial charge in [-0.2, -0.15) is 0 Å². The molecule has 1 aliphatic heterocycles. The summed E-state index contributed by atoms with van der Waals surface area (Å²) in [5.41, 5.74) is 1.25. The van der Waals surface area contributed by atoms with Crippen LogP contribution in [-0.2, 0) is 4.74 Å². The molecule has 6 nitrogen and oxygen atoms in total. The van der Waals surface area contributed by atoms with Crippen LogP contribution in [0, 0.1) is 6.92 Å². The second-order valence-electron chi connectivity index (χ2n) is 6.68. The summed E-state index contributed by atoms with van der Waals surface area (Å²) in [6.07, 6.45) is 4.44. The van der Waals surface area contributed by atoms with Crippen LogP contribution in [0.4, 0.5) is 11.6 Å². The van der Waals surface area contributed by atoms with E-state index < -0.39 is 0 Å². The number of rotatable bonds is 8. The Hall–Kier alpha value is -2.44. The van der Waals surface area contributed by atoms with E-state index in [1.807, 2.05) is 19.1 Å². The predicted octanol–water partition coefficient (Wildman–Crippen LogP) is 2.68.